The summed E-state index contributed by atoms with van der Waals surface area (Å²) in [7, 11) is 0. The molecule has 0 saturated heterocycles. The average Bonchev–Trinajstić information content (AvgIpc) is 1.98. The fourth-order valence-electron chi connectivity index (χ4n) is 0.726. The molecule has 0 aliphatic rings. The van der Waals surface area contributed by atoms with Crippen molar-refractivity contribution < 1.29 is 14.7 Å². The number of hydrogen-bond acceptors (Lipinski definition) is 2. The van der Waals surface area contributed by atoms with Crippen molar-refractivity contribution >= 4 is 23.5 Å². The van der Waals surface area contributed by atoms with Gasteiger partial charge in [-0.25, -0.2) is 4.79 Å². The first-order valence-corrected chi connectivity index (χ1v) is 4.10. The summed E-state index contributed by atoms with van der Waals surface area (Å²) in [4.78, 5) is 21.3. The zero-order valence-corrected chi connectivity index (χ0v) is 7.76. The topological polar surface area (TPSA) is 66.4 Å². The number of hydrogen-bond donors (Lipinski definition) is 2. The normalized spacial score (nSPS) is 12.7. The minimum Gasteiger partial charge on any atom is -0.480 e. The van der Waals surface area contributed by atoms with Crippen LogP contribution in [-0.2, 0) is 9.59 Å². The Balaban J connectivity index is 4.14. The van der Waals surface area contributed by atoms with Crippen LogP contribution in [0.5, 0.6) is 0 Å². The van der Waals surface area contributed by atoms with Crippen LogP contribution < -0.4 is 5.32 Å². The van der Waals surface area contributed by atoms with Crippen LogP contribution in [0.25, 0.3) is 0 Å². The van der Waals surface area contributed by atoms with E-state index in [1.165, 1.54) is 0 Å². The Kier molecular flexibility index (Phi) is 4.66. The molecule has 0 bridgehead atoms. The number of alkyl halides is 1. The number of nitrogens with one attached hydrogen (secondary N) is 1. The van der Waals surface area contributed by atoms with Crippen molar-refractivity contribution in [2.45, 2.75) is 19.9 Å². The molecule has 0 saturated carbocycles. The molecule has 0 rings (SSSR count). The van der Waals surface area contributed by atoms with Crippen molar-refractivity contribution in [3.8, 4) is 0 Å². The first-order chi connectivity index (χ1) is 5.49. The molecule has 0 spiro atoms. The average molecular weight is 194 g/mol. The molecule has 12 heavy (non-hydrogen) atoms. The standard InChI is InChI=1S/C7H12ClNO3/c1-4(2)6(7(11)12)9-5(10)3-8/h4,6H,3H2,1-2H3,(H,9,10)(H,11,12). The van der Waals surface area contributed by atoms with E-state index in [0.717, 1.165) is 0 Å². The highest BCUT2D eigenvalue weighted by molar-refractivity contribution is 6.27. The van der Waals surface area contributed by atoms with Gasteiger partial charge in [0.1, 0.15) is 11.9 Å². The quantitative estimate of drug-likeness (QED) is 0.638. The zero-order valence-electron chi connectivity index (χ0n) is 7.00. The van der Waals surface area contributed by atoms with Crippen LogP contribution in [0.1, 0.15) is 13.8 Å². The van der Waals surface area contributed by atoms with Crippen LogP contribution in [0.3, 0.4) is 0 Å². The first-order valence-electron chi connectivity index (χ1n) is 3.57. The molecule has 0 aliphatic heterocycles. The van der Waals surface area contributed by atoms with E-state index in [4.69, 9.17) is 16.7 Å². The van der Waals surface area contributed by atoms with Gasteiger partial charge in [-0.2, -0.15) is 0 Å². The maximum absolute atomic E-state index is 10.7. The molecule has 4 nitrogen and oxygen atoms in total. The van der Waals surface area contributed by atoms with Gasteiger partial charge in [0.25, 0.3) is 0 Å². The highest BCUT2D eigenvalue weighted by Crippen LogP contribution is 2.01. The van der Waals surface area contributed by atoms with Gasteiger partial charge in [0.05, 0.1) is 0 Å². The third kappa shape index (κ3) is 3.57. The summed E-state index contributed by atoms with van der Waals surface area (Å²) >= 11 is 5.20. The van der Waals surface area contributed by atoms with Gasteiger partial charge in [0.2, 0.25) is 5.91 Å². The van der Waals surface area contributed by atoms with Crippen molar-refractivity contribution in [1.29, 1.82) is 0 Å². The number of halogens is 1. The van der Waals surface area contributed by atoms with E-state index < -0.39 is 17.9 Å². The zero-order chi connectivity index (χ0) is 9.72. The summed E-state index contributed by atoms with van der Waals surface area (Å²) in [5, 5.41) is 10.9. The monoisotopic (exact) mass is 193 g/mol. The molecule has 5 heteroatoms. The van der Waals surface area contributed by atoms with Crippen LogP contribution in [0.15, 0.2) is 0 Å². The number of rotatable bonds is 4. The number of carbonyl (C=O) groups excluding carboxylic acids is 1. The predicted octanol–water partition coefficient (Wildman–Crippen LogP) is 0.451. The summed E-state index contributed by atoms with van der Waals surface area (Å²) in [6.45, 7) is 3.43. The highest BCUT2D eigenvalue weighted by atomic mass is 35.5. The van der Waals surface area contributed by atoms with Crippen LogP contribution in [0.4, 0.5) is 0 Å². The van der Waals surface area contributed by atoms with E-state index in [2.05, 4.69) is 5.32 Å². The Morgan fingerprint density at radius 2 is 2.00 bits per heavy atom. The number of carboxylic acid groups (broad SMARTS) is 1. The Hall–Kier alpha value is -0.770. The largest absolute Gasteiger partial charge is 0.480 e. The van der Waals surface area contributed by atoms with Gasteiger partial charge >= 0.3 is 5.97 Å². The van der Waals surface area contributed by atoms with Crippen molar-refractivity contribution in [3.63, 3.8) is 0 Å². The molecule has 0 aromatic rings. The Bertz CT molecular complexity index is 181. The third-order valence-electron chi connectivity index (χ3n) is 1.37. The summed E-state index contributed by atoms with van der Waals surface area (Å²) in [5.74, 6) is -1.85. The lowest BCUT2D eigenvalue weighted by Gasteiger charge is -2.16. The molecular weight excluding hydrogens is 182 g/mol. The molecule has 1 atom stereocenters. The third-order valence-corrected chi connectivity index (χ3v) is 1.61. The van der Waals surface area contributed by atoms with Gasteiger partial charge in [0, 0.05) is 0 Å². The second-order valence-electron chi connectivity index (χ2n) is 2.76. The van der Waals surface area contributed by atoms with Gasteiger partial charge in [-0.15, -0.1) is 11.6 Å². The molecule has 70 valence electrons. The minimum atomic E-state index is -1.04. The lowest BCUT2D eigenvalue weighted by atomic mass is 10.1. The fourth-order valence-corrected chi connectivity index (χ4v) is 0.803. The summed E-state index contributed by atoms with van der Waals surface area (Å²) < 4.78 is 0. The van der Waals surface area contributed by atoms with Crippen LogP contribution in [0.2, 0.25) is 0 Å². The molecule has 0 heterocycles. The Morgan fingerprint density at radius 3 is 2.25 bits per heavy atom. The second-order valence-corrected chi connectivity index (χ2v) is 3.03. The van der Waals surface area contributed by atoms with Crippen LogP contribution in [-0.4, -0.2) is 28.9 Å². The molecule has 0 radical (unpaired) electrons. The number of carbonyl (C=O) groups is 2. The van der Waals surface area contributed by atoms with Gasteiger partial charge in [-0.05, 0) is 5.92 Å². The smallest absolute Gasteiger partial charge is 0.326 e. The van der Waals surface area contributed by atoms with Crippen molar-refractivity contribution in [2.24, 2.45) is 5.92 Å². The van der Waals surface area contributed by atoms with Crippen LogP contribution in [0, 0.1) is 5.92 Å². The SMILES string of the molecule is CC(C)C(NC(=O)CCl)C(=O)O. The van der Waals surface area contributed by atoms with E-state index in [9.17, 15) is 9.59 Å². The lowest BCUT2D eigenvalue weighted by Crippen LogP contribution is -2.44. The van der Waals surface area contributed by atoms with E-state index in [1.54, 1.807) is 13.8 Å². The van der Waals surface area contributed by atoms with E-state index >= 15 is 0 Å². The van der Waals surface area contributed by atoms with Crippen molar-refractivity contribution in [3.05, 3.63) is 0 Å². The molecule has 0 aromatic heterocycles. The predicted molar refractivity (Wildman–Crippen MR) is 45.1 cm³/mol. The highest BCUT2D eigenvalue weighted by Gasteiger charge is 2.22. The fraction of sp³-hybridized carbons (Fsp3) is 0.714. The number of aliphatic carboxylic acids is 1. The molecular formula is C7H12ClNO3. The summed E-state index contributed by atoms with van der Waals surface area (Å²) in [6, 6.07) is -0.851. The first kappa shape index (κ1) is 11.2. The molecule has 2 N–H and O–H groups in total. The molecule has 1 amide bonds. The van der Waals surface area contributed by atoms with E-state index in [1.807, 2.05) is 0 Å². The van der Waals surface area contributed by atoms with E-state index in [-0.39, 0.29) is 11.8 Å². The molecule has 0 fully saturated rings. The van der Waals surface area contributed by atoms with Crippen molar-refractivity contribution in [2.75, 3.05) is 5.88 Å². The van der Waals surface area contributed by atoms with Crippen molar-refractivity contribution in [1.82, 2.24) is 5.32 Å². The van der Waals surface area contributed by atoms with Gasteiger partial charge < -0.3 is 10.4 Å². The lowest BCUT2D eigenvalue weighted by molar-refractivity contribution is -0.142. The van der Waals surface area contributed by atoms with Gasteiger partial charge in [-0.1, -0.05) is 13.8 Å². The minimum absolute atomic E-state index is 0.144. The maximum Gasteiger partial charge on any atom is 0.326 e. The molecule has 0 aromatic carbocycles. The second kappa shape index (κ2) is 4.98. The van der Waals surface area contributed by atoms with Gasteiger partial charge in [0.15, 0.2) is 0 Å². The maximum atomic E-state index is 10.7. The molecule has 1 unspecified atom stereocenters. The van der Waals surface area contributed by atoms with E-state index in [0.29, 0.717) is 0 Å². The van der Waals surface area contributed by atoms with Crippen LogP contribution >= 0.6 is 11.6 Å². The van der Waals surface area contributed by atoms with Gasteiger partial charge in [-0.3, -0.25) is 4.79 Å². The number of amides is 1. The summed E-state index contributed by atoms with van der Waals surface area (Å²) in [5.41, 5.74) is 0. The number of carboxylic acids is 1. The summed E-state index contributed by atoms with van der Waals surface area (Å²) in [6.07, 6.45) is 0. The Morgan fingerprint density at radius 1 is 1.50 bits per heavy atom. The Labute approximate surface area is 75.9 Å². The molecule has 0 aliphatic carbocycles.